The van der Waals surface area contributed by atoms with Gasteiger partial charge in [0.25, 0.3) is 0 Å². The Morgan fingerprint density at radius 1 is 1.38 bits per heavy atom. The Hall–Kier alpha value is -1.29. The highest BCUT2D eigenvalue weighted by Gasteiger charge is 1.99. The fraction of sp³-hybridized carbons (Fsp3) is 0.417. The van der Waals surface area contributed by atoms with E-state index in [1.54, 1.807) is 0 Å². The minimum absolute atomic E-state index is 0.304. The summed E-state index contributed by atoms with van der Waals surface area (Å²) in [5, 5.41) is 3.13. The summed E-state index contributed by atoms with van der Waals surface area (Å²) in [7, 11) is 0. The zero-order valence-electron chi connectivity index (χ0n) is 9.69. The summed E-state index contributed by atoms with van der Waals surface area (Å²) < 4.78 is 5.51. The monoisotopic (exact) mass is 238 g/mol. The van der Waals surface area contributed by atoms with Crippen LogP contribution >= 0.6 is 12.2 Å². The molecule has 3 N–H and O–H groups in total. The molecule has 0 unspecified atom stereocenters. The van der Waals surface area contributed by atoms with Gasteiger partial charge >= 0.3 is 0 Å². The van der Waals surface area contributed by atoms with E-state index < -0.39 is 0 Å². The van der Waals surface area contributed by atoms with Gasteiger partial charge in [-0.25, -0.2) is 0 Å². The van der Waals surface area contributed by atoms with E-state index in [-0.39, 0.29) is 0 Å². The lowest BCUT2D eigenvalue weighted by atomic mass is 10.0. The smallest absolute Gasteiger partial charge is 0.163 e. The second-order valence-electron chi connectivity index (χ2n) is 3.86. The molecule has 1 aromatic rings. The molecule has 0 amide bonds. The van der Waals surface area contributed by atoms with Crippen LogP contribution in [0.4, 0.5) is 0 Å². The summed E-state index contributed by atoms with van der Waals surface area (Å²) in [6.45, 7) is 5.52. The lowest BCUT2D eigenvalue weighted by Gasteiger charge is -2.09. The lowest BCUT2D eigenvalue weighted by Crippen LogP contribution is -2.32. The largest absolute Gasteiger partial charge is 0.492 e. The van der Waals surface area contributed by atoms with Gasteiger partial charge in [-0.1, -0.05) is 26.0 Å². The minimum Gasteiger partial charge on any atom is -0.492 e. The third kappa shape index (κ3) is 4.49. The molecular formula is C12H18N2OS. The molecule has 0 heterocycles. The van der Waals surface area contributed by atoms with Gasteiger partial charge in [0.2, 0.25) is 0 Å². The van der Waals surface area contributed by atoms with Crippen molar-refractivity contribution in [1.29, 1.82) is 0 Å². The van der Waals surface area contributed by atoms with E-state index in [9.17, 15) is 0 Å². The maximum Gasteiger partial charge on any atom is 0.163 e. The predicted molar refractivity (Wildman–Crippen MR) is 70.8 cm³/mol. The Bertz CT molecular complexity index is 335. The zero-order valence-corrected chi connectivity index (χ0v) is 10.5. The third-order valence-electron chi connectivity index (χ3n) is 2.22. The summed E-state index contributed by atoms with van der Waals surface area (Å²) in [4.78, 5) is 0. The molecule has 16 heavy (non-hydrogen) atoms. The van der Waals surface area contributed by atoms with E-state index >= 15 is 0 Å². The number of ether oxygens (including phenoxy) is 1. The quantitative estimate of drug-likeness (QED) is 0.608. The van der Waals surface area contributed by atoms with Gasteiger partial charge in [-0.2, -0.15) is 0 Å². The van der Waals surface area contributed by atoms with Gasteiger partial charge in [-0.3, -0.25) is 0 Å². The molecule has 0 fully saturated rings. The zero-order chi connectivity index (χ0) is 12.0. The van der Waals surface area contributed by atoms with Crippen molar-refractivity contribution in [3.8, 4) is 5.75 Å². The molecule has 0 spiro atoms. The first-order valence-electron chi connectivity index (χ1n) is 5.35. The molecule has 1 aromatic carbocycles. The topological polar surface area (TPSA) is 47.3 Å². The highest BCUT2D eigenvalue weighted by molar-refractivity contribution is 7.80. The second kappa shape index (κ2) is 6.33. The van der Waals surface area contributed by atoms with Gasteiger partial charge in [-0.15, -0.1) is 0 Å². The predicted octanol–water partition coefficient (Wildman–Crippen LogP) is 2.02. The van der Waals surface area contributed by atoms with Crippen LogP contribution in [0.15, 0.2) is 24.3 Å². The number of nitrogens with one attached hydrogen (secondary N) is 1. The molecule has 0 aromatic heterocycles. The Morgan fingerprint density at radius 2 is 2.00 bits per heavy atom. The first kappa shape index (κ1) is 12.8. The molecule has 88 valence electrons. The fourth-order valence-electron chi connectivity index (χ4n) is 1.29. The highest BCUT2D eigenvalue weighted by Crippen LogP contribution is 2.18. The number of hydrogen-bond acceptors (Lipinski definition) is 2. The fourth-order valence-corrected chi connectivity index (χ4v) is 1.39. The van der Waals surface area contributed by atoms with Crippen molar-refractivity contribution in [2.24, 2.45) is 5.73 Å². The summed E-state index contributed by atoms with van der Waals surface area (Å²) in [6, 6.07) is 8.13. The first-order chi connectivity index (χ1) is 7.59. The number of thiocarbonyl (C=S) groups is 1. The van der Waals surface area contributed by atoms with Gasteiger partial charge < -0.3 is 15.8 Å². The van der Waals surface area contributed by atoms with Crippen LogP contribution in [0.2, 0.25) is 0 Å². The SMILES string of the molecule is CC(C)c1ccc(OCCNC(N)=S)cc1. The van der Waals surface area contributed by atoms with E-state index in [4.69, 9.17) is 10.5 Å². The van der Waals surface area contributed by atoms with Crippen LogP contribution < -0.4 is 15.8 Å². The van der Waals surface area contributed by atoms with Gasteiger partial charge in [0.05, 0.1) is 6.54 Å². The standard InChI is InChI=1S/C12H18N2OS/c1-9(2)10-3-5-11(6-4-10)15-8-7-14-12(13)16/h3-6,9H,7-8H2,1-2H3,(H3,13,14,16). The van der Waals surface area contributed by atoms with Crippen LogP contribution in [0.25, 0.3) is 0 Å². The molecule has 0 bridgehead atoms. The van der Waals surface area contributed by atoms with Crippen molar-refractivity contribution in [2.45, 2.75) is 19.8 Å². The Balaban J connectivity index is 2.35. The Labute approximate surface area is 102 Å². The number of hydrogen-bond donors (Lipinski definition) is 2. The molecule has 0 atom stereocenters. The normalized spacial score (nSPS) is 10.2. The number of benzene rings is 1. The van der Waals surface area contributed by atoms with Crippen molar-refractivity contribution in [3.05, 3.63) is 29.8 Å². The molecule has 0 saturated heterocycles. The molecular weight excluding hydrogens is 220 g/mol. The van der Waals surface area contributed by atoms with Gasteiger partial charge in [0, 0.05) is 0 Å². The average molecular weight is 238 g/mol. The molecule has 0 radical (unpaired) electrons. The van der Waals surface area contributed by atoms with Crippen LogP contribution in [0, 0.1) is 0 Å². The Kier molecular flexibility index (Phi) is 5.05. The van der Waals surface area contributed by atoms with E-state index in [2.05, 4.69) is 43.5 Å². The molecule has 0 aliphatic rings. The maximum absolute atomic E-state index is 5.51. The summed E-state index contributed by atoms with van der Waals surface area (Å²) in [6.07, 6.45) is 0. The second-order valence-corrected chi connectivity index (χ2v) is 4.30. The van der Waals surface area contributed by atoms with Crippen LogP contribution in [0.5, 0.6) is 5.75 Å². The van der Waals surface area contributed by atoms with E-state index in [1.165, 1.54) is 5.56 Å². The van der Waals surface area contributed by atoms with Crippen molar-refractivity contribution in [2.75, 3.05) is 13.2 Å². The van der Waals surface area contributed by atoms with Crippen molar-refractivity contribution >= 4 is 17.3 Å². The van der Waals surface area contributed by atoms with Gasteiger partial charge in [-0.05, 0) is 35.8 Å². The number of rotatable bonds is 5. The molecule has 1 rings (SSSR count). The Morgan fingerprint density at radius 3 is 2.50 bits per heavy atom. The molecule has 0 aliphatic heterocycles. The molecule has 0 saturated carbocycles. The van der Waals surface area contributed by atoms with Crippen LogP contribution in [-0.2, 0) is 0 Å². The maximum atomic E-state index is 5.51. The van der Waals surface area contributed by atoms with Gasteiger partial charge in [0.1, 0.15) is 12.4 Å². The van der Waals surface area contributed by atoms with Gasteiger partial charge in [0.15, 0.2) is 5.11 Å². The van der Waals surface area contributed by atoms with Crippen molar-refractivity contribution in [1.82, 2.24) is 5.32 Å². The van der Waals surface area contributed by atoms with E-state index in [1.807, 2.05) is 12.1 Å². The van der Waals surface area contributed by atoms with E-state index in [0.29, 0.717) is 24.2 Å². The minimum atomic E-state index is 0.304. The lowest BCUT2D eigenvalue weighted by molar-refractivity contribution is 0.322. The van der Waals surface area contributed by atoms with Crippen LogP contribution in [0.3, 0.4) is 0 Å². The van der Waals surface area contributed by atoms with E-state index in [0.717, 1.165) is 5.75 Å². The summed E-state index contributed by atoms with van der Waals surface area (Å²) >= 11 is 4.68. The summed E-state index contributed by atoms with van der Waals surface area (Å²) in [5.74, 6) is 1.42. The number of nitrogens with two attached hydrogens (primary N) is 1. The molecule has 4 heteroatoms. The molecule has 0 aliphatic carbocycles. The average Bonchev–Trinajstić information content (AvgIpc) is 2.25. The van der Waals surface area contributed by atoms with Crippen LogP contribution in [-0.4, -0.2) is 18.3 Å². The highest BCUT2D eigenvalue weighted by atomic mass is 32.1. The summed E-state index contributed by atoms with van der Waals surface area (Å²) in [5.41, 5.74) is 6.60. The third-order valence-corrected chi connectivity index (χ3v) is 2.36. The van der Waals surface area contributed by atoms with Crippen molar-refractivity contribution < 1.29 is 4.74 Å². The van der Waals surface area contributed by atoms with Crippen LogP contribution in [0.1, 0.15) is 25.3 Å². The van der Waals surface area contributed by atoms with Crippen molar-refractivity contribution in [3.63, 3.8) is 0 Å². The molecule has 3 nitrogen and oxygen atoms in total. The first-order valence-corrected chi connectivity index (χ1v) is 5.76.